The highest BCUT2D eigenvalue weighted by Gasteiger charge is 2.30. The normalized spacial score (nSPS) is 17.0. The van der Waals surface area contributed by atoms with Crippen molar-refractivity contribution < 1.29 is 37.3 Å². The minimum Gasteiger partial charge on any atom is -0.493 e. The van der Waals surface area contributed by atoms with E-state index in [1.807, 2.05) is 0 Å². The van der Waals surface area contributed by atoms with E-state index in [0.717, 1.165) is 6.42 Å². The summed E-state index contributed by atoms with van der Waals surface area (Å²) in [6.45, 7) is -0.870. The van der Waals surface area contributed by atoms with Crippen LogP contribution in [0.1, 0.15) is 31.2 Å². The lowest BCUT2D eigenvalue weighted by Gasteiger charge is -2.23. The van der Waals surface area contributed by atoms with E-state index in [1.165, 1.54) is 19.2 Å². The minimum atomic E-state index is -4.45. The summed E-state index contributed by atoms with van der Waals surface area (Å²) in [6.07, 6.45) is -2.50. The fourth-order valence-corrected chi connectivity index (χ4v) is 3.12. The van der Waals surface area contributed by atoms with Crippen molar-refractivity contribution >= 4 is 11.9 Å². The zero-order valence-electron chi connectivity index (χ0n) is 14.9. The summed E-state index contributed by atoms with van der Waals surface area (Å²) in [4.78, 5) is 24.9. The Morgan fingerprint density at radius 2 is 2.04 bits per heavy atom. The smallest absolute Gasteiger partial charge is 0.422 e. The second-order valence-corrected chi connectivity index (χ2v) is 6.37. The third-order valence-electron chi connectivity index (χ3n) is 4.35. The van der Waals surface area contributed by atoms with Crippen LogP contribution in [0.4, 0.5) is 13.2 Å². The first-order chi connectivity index (χ1) is 12.7. The van der Waals surface area contributed by atoms with Gasteiger partial charge in [0.25, 0.3) is 0 Å². The number of amides is 1. The molecule has 1 saturated heterocycles. The van der Waals surface area contributed by atoms with Crippen molar-refractivity contribution in [1.82, 2.24) is 4.90 Å². The van der Waals surface area contributed by atoms with Crippen molar-refractivity contribution in [3.05, 3.63) is 23.8 Å². The van der Waals surface area contributed by atoms with Gasteiger partial charge in [-0.1, -0.05) is 6.07 Å². The number of likely N-dealkylation sites (tertiary alicyclic amines) is 1. The second kappa shape index (κ2) is 8.96. The first kappa shape index (κ1) is 20.9. The third-order valence-corrected chi connectivity index (χ3v) is 4.35. The number of carboxylic acid groups (broad SMARTS) is 1. The molecule has 9 heteroatoms. The number of hydrogen-bond acceptors (Lipinski definition) is 4. The van der Waals surface area contributed by atoms with Gasteiger partial charge in [-0.25, -0.2) is 0 Å². The predicted octanol–water partition coefficient (Wildman–Crippen LogP) is 3.03. The molecule has 0 aliphatic carbocycles. The molecule has 1 heterocycles. The first-order valence-electron chi connectivity index (χ1n) is 8.57. The van der Waals surface area contributed by atoms with Crippen molar-refractivity contribution in [1.29, 1.82) is 0 Å². The van der Waals surface area contributed by atoms with Gasteiger partial charge < -0.3 is 19.5 Å². The van der Waals surface area contributed by atoms with Gasteiger partial charge in [0.15, 0.2) is 18.1 Å². The van der Waals surface area contributed by atoms with E-state index in [9.17, 15) is 22.8 Å². The van der Waals surface area contributed by atoms with Crippen LogP contribution in [0.15, 0.2) is 18.2 Å². The van der Waals surface area contributed by atoms with Crippen LogP contribution in [0.5, 0.6) is 11.5 Å². The molecular weight excluding hydrogens is 367 g/mol. The number of carbonyl (C=O) groups is 2. The summed E-state index contributed by atoms with van der Waals surface area (Å²) in [6, 6.07) is 4.23. The Kier molecular flexibility index (Phi) is 6.92. The minimum absolute atomic E-state index is 0.0223. The molecule has 1 unspecified atom stereocenters. The summed E-state index contributed by atoms with van der Waals surface area (Å²) in [7, 11) is 1.32. The highest BCUT2D eigenvalue weighted by molar-refractivity contribution is 5.78. The molecule has 6 nitrogen and oxygen atoms in total. The number of aryl methyl sites for hydroxylation is 1. The molecule has 0 radical (unpaired) electrons. The predicted molar refractivity (Wildman–Crippen MR) is 89.9 cm³/mol. The average Bonchev–Trinajstić information content (AvgIpc) is 3.04. The Bertz CT molecular complexity index is 677. The maximum Gasteiger partial charge on any atom is 0.422 e. The Hall–Kier alpha value is -2.45. The van der Waals surface area contributed by atoms with Gasteiger partial charge in [-0.3, -0.25) is 9.59 Å². The molecule has 0 aromatic heterocycles. The molecule has 0 saturated carbocycles. The average molecular weight is 389 g/mol. The zero-order chi connectivity index (χ0) is 20.0. The molecular formula is C18H22F3NO5. The van der Waals surface area contributed by atoms with E-state index >= 15 is 0 Å². The molecule has 1 aromatic rings. The molecule has 1 fully saturated rings. The fourth-order valence-electron chi connectivity index (χ4n) is 3.12. The van der Waals surface area contributed by atoms with Crippen LogP contribution in [0, 0.1) is 0 Å². The van der Waals surface area contributed by atoms with E-state index < -0.39 is 18.8 Å². The maximum absolute atomic E-state index is 12.4. The number of aliphatic carboxylic acids is 1. The number of nitrogens with zero attached hydrogens (tertiary/aromatic N) is 1. The topological polar surface area (TPSA) is 76.1 Å². The quantitative estimate of drug-likeness (QED) is 0.740. The Morgan fingerprint density at radius 1 is 1.30 bits per heavy atom. The van der Waals surface area contributed by atoms with Crippen LogP contribution in [-0.4, -0.2) is 54.4 Å². The van der Waals surface area contributed by atoms with Crippen LogP contribution in [0.25, 0.3) is 0 Å². The van der Waals surface area contributed by atoms with Crippen LogP contribution in [-0.2, 0) is 16.0 Å². The van der Waals surface area contributed by atoms with Gasteiger partial charge in [0.2, 0.25) is 5.91 Å². The SMILES string of the molecule is COc1cc(CCC(=O)N2CCCC2CC(=O)O)ccc1OCC(F)(F)F. The maximum atomic E-state index is 12.4. The van der Waals surface area contributed by atoms with E-state index in [1.54, 1.807) is 11.0 Å². The monoisotopic (exact) mass is 389 g/mol. The molecule has 27 heavy (non-hydrogen) atoms. The van der Waals surface area contributed by atoms with Gasteiger partial charge >= 0.3 is 12.1 Å². The number of halogens is 3. The number of hydrogen-bond donors (Lipinski definition) is 1. The number of ether oxygens (including phenoxy) is 2. The Morgan fingerprint density at radius 3 is 2.67 bits per heavy atom. The van der Waals surface area contributed by atoms with Gasteiger partial charge in [0.05, 0.1) is 13.5 Å². The first-order valence-corrected chi connectivity index (χ1v) is 8.57. The van der Waals surface area contributed by atoms with Crippen molar-refractivity contribution in [3.63, 3.8) is 0 Å². The number of carboxylic acids is 1. The second-order valence-electron chi connectivity index (χ2n) is 6.37. The molecule has 1 aromatic carbocycles. The molecule has 1 aliphatic rings. The number of carbonyl (C=O) groups excluding carboxylic acids is 1. The molecule has 1 aliphatic heterocycles. The van der Waals surface area contributed by atoms with Crippen molar-refractivity contribution in [3.8, 4) is 11.5 Å². The fraction of sp³-hybridized carbons (Fsp3) is 0.556. The van der Waals surface area contributed by atoms with E-state index in [2.05, 4.69) is 0 Å². The standard InChI is InChI=1S/C18H22F3NO5/c1-26-15-9-12(4-6-14(15)27-11-18(19,20)21)5-7-16(23)22-8-2-3-13(22)10-17(24)25/h4,6,9,13H,2-3,5,7-8,10-11H2,1H3,(H,24,25). The molecule has 2 rings (SSSR count). The van der Waals surface area contributed by atoms with Crippen LogP contribution >= 0.6 is 0 Å². The van der Waals surface area contributed by atoms with Crippen LogP contribution in [0.3, 0.4) is 0 Å². The summed E-state index contributed by atoms with van der Waals surface area (Å²) >= 11 is 0. The van der Waals surface area contributed by atoms with Gasteiger partial charge in [0, 0.05) is 19.0 Å². The number of rotatable bonds is 8. The zero-order valence-corrected chi connectivity index (χ0v) is 14.9. The molecule has 1 atom stereocenters. The molecule has 0 spiro atoms. The molecule has 150 valence electrons. The number of methoxy groups -OCH3 is 1. The highest BCUT2D eigenvalue weighted by atomic mass is 19.4. The lowest BCUT2D eigenvalue weighted by atomic mass is 10.1. The molecule has 1 amide bonds. The number of benzene rings is 1. The summed E-state index contributed by atoms with van der Waals surface area (Å²) in [5.41, 5.74) is 0.716. The van der Waals surface area contributed by atoms with Gasteiger partial charge in [0.1, 0.15) is 0 Å². The van der Waals surface area contributed by atoms with Crippen molar-refractivity contribution in [2.75, 3.05) is 20.3 Å². The lowest BCUT2D eigenvalue weighted by molar-refractivity contribution is -0.153. The molecule has 0 bridgehead atoms. The number of alkyl halides is 3. The highest BCUT2D eigenvalue weighted by Crippen LogP contribution is 2.30. The van der Waals surface area contributed by atoms with Crippen molar-refractivity contribution in [2.24, 2.45) is 0 Å². The van der Waals surface area contributed by atoms with Crippen LogP contribution in [0.2, 0.25) is 0 Å². The lowest BCUT2D eigenvalue weighted by Crippen LogP contribution is -2.36. The molecule has 1 N–H and O–H groups in total. The Balaban J connectivity index is 1.95. The largest absolute Gasteiger partial charge is 0.493 e. The third kappa shape index (κ3) is 6.33. The van der Waals surface area contributed by atoms with E-state index in [-0.39, 0.29) is 36.3 Å². The van der Waals surface area contributed by atoms with Gasteiger partial charge in [-0.15, -0.1) is 0 Å². The van der Waals surface area contributed by atoms with E-state index in [0.29, 0.717) is 24.9 Å². The summed E-state index contributed by atoms with van der Waals surface area (Å²) in [5, 5.41) is 8.92. The Labute approximate surface area is 154 Å². The summed E-state index contributed by atoms with van der Waals surface area (Å²) < 4.78 is 46.6. The van der Waals surface area contributed by atoms with Gasteiger partial charge in [-0.05, 0) is 37.0 Å². The van der Waals surface area contributed by atoms with Crippen molar-refractivity contribution in [2.45, 2.75) is 44.3 Å². The van der Waals surface area contributed by atoms with E-state index in [4.69, 9.17) is 14.6 Å². The summed E-state index contributed by atoms with van der Waals surface area (Å²) in [5.74, 6) is -0.922. The van der Waals surface area contributed by atoms with Gasteiger partial charge in [-0.2, -0.15) is 13.2 Å². The van der Waals surface area contributed by atoms with Crippen LogP contribution < -0.4 is 9.47 Å².